The van der Waals surface area contributed by atoms with E-state index in [1.165, 1.54) is 4.70 Å². The third kappa shape index (κ3) is 2.22. The average Bonchev–Trinajstić information content (AvgIpc) is 2.77. The summed E-state index contributed by atoms with van der Waals surface area (Å²) in [5.41, 5.74) is 2.08. The molecule has 1 N–H and O–H groups in total. The molecule has 0 aliphatic rings. The number of fused-ring (bicyclic) bond motifs is 1. The molecule has 0 saturated carbocycles. The lowest BCUT2D eigenvalue weighted by Crippen LogP contribution is -2.00. The molecule has 3 heteroatoms. The Bertz CT molecular complexity index is 732. The molecule has 96 valence electrons. The second-order valence-electron chi connectivity index (χ2n) is 4.54. The molecule has 19 heavy (non-hydrogen) atoms. The van der Waals surface area contributed by atoms with Crippen molar-refractivity contribution < 1.29 is 5.11 Å². The number of aliphatic hydroxyl groups is 1. The van der Waals surface area contributed by atoms with Gasteiger partial charge in [-0.3, -0.25) is 0 Å². The molecule has 2 aromatic carbocycles. The van der Waals surface area contributed by atoms with Crippen LogP contribution in [-0.2, 0) is 0 Å². The van der Waals surface area contributed by atoms with Gasteiger partial charge in [-0.2, -0.15) is 0 Å². The van der Waals surface area contributed by atoms with E-state index < -0.39 is 6.10 Å². The minimum atomic E-state index is -0.576. The van der Waals surface area contributed by atoms with Gasteiger partial charge in [0.15, 0.2) is 0 Å². The molecule has 1 unspecified atom stereocenters. The Labute approximate surface area is 124 Å². The van der Waals surface area contributed by atoms with Crippen molar-refractivity contribution in [1.29, 1.82) is 0 Å². The molecule has 0 radical (unpaired) electrons. The maximum atomic E-state index is 10.6. The Morgan fingerprint density at radius 1 is 1.05 bits per heavy atom. The number of hydrogen-bond acceptors (Lipinski definition) is 2. The molecule has 0 bridgehead atoms. The lowest BCUT2D eigenvalue weighted by atomic mass is 10.0. The van der Waals surface area contributed by atoms with Gasteiger partial charge in [0.1, 0.15) is 6.10 Å². The minimum absolute atomic E-state index is 0.576. The third-order valence-corrected chi connectivity index (χ3v) is 5.63. The van der Waals surface area contributed by atoms with E-state index in [2.05, 4.69) is 28.1 Å². The zero-order valence-electron chi connectivity index (χ0n) is 10.4. The molecule has 0 aliphatic carbocycles. The number of rotatable bonds is 2. The summed E-state index contributed by atoms with van der Waals surface area (Å²) in [6.07, 6.45) is -0.576. The number of aliphatic hydroxyl groups excluding tert-OH is 1. The van der Waals surface area contributed by atoms with Gasteiger partial charge in [0.2, 0.25) is 0 Å². The Hall–Kier alpha value is -1.16. The van der Waals surface area contributed by atoms with Crippen molar-refractivity contribution in [2.24, 2.45) is 0 Å². The van der Waals surface area contributed by atoms with Crippen LogP contribution in [-0.4, -0.2) is 5.11 Å². The fourth-order valence-electron chi connectivity index (χ4n) is 2.24. The summed E-state index contributed by atoms with van der Waals surface area (Å²) in [4.78, 5) is 0.968. The van der Waals surface area contributed by atoms with Gasteiger partial charge in [-0.1, -0.05) is 42.5 Å². The first kappa shape index (κ1) is 12.9. The van der Waals surface area contributed by atoms with Crippen LogP contribution in [0.3, 0.4) is 0 Å². The summed E-state index contributed by atoms with van der Waals surface area (Å²) in [6.45, 7) is 2.03. The molecule has 1 atom stereocenters. The molecule has 3 aromatic rings. The molecule has 3 rings (SSSR count). The van der Waals surface area contributed by atoms with E-state index in [-0.39, 0.29) is 0 Å². The summed E-state index contributed by atoms with van der Waals surface area (Å²) >= 11 is 5.26. The quantitative estimate of drug-likeness (QED) is 0.695. The highest BCUT2D eigenvalue weighted by Gasteiger charge is 2.19. The molecular weight excluding hydrogens is 320 g/mol. The van der Waals surface area contributed by atoms with Gasteiger partial charge in [0.25, 0.3) is 0 Å². The molecule has 1 aromatic heterocycles. The van der Waals surface area contributed by atoms with Crippen molar-refractivity contribution in [1.82, 2.24) is 0 Å². The number of hydrogen-bond donors (Lipinski definition) is 1. The highest BCUT2D eigenvalue weighted by molar-refractivity contribution is 9.10. The molecule has 0 aliphatic heterocycles. The van der Waals surface area contributed by atoms with Crippen LogP contribution in [0, 0.1) is 6.92 Å². The Morgan fingerprint density at radius 3 is 2.47 bits per heavy atom. The number of benzene rings is 2. The molecule has 0 saturated heterocycles. The Kier molecular flexibility index (Phi) is 3.44. The number of thiophene rings is 1. The van der Waals surface area contributed by atoms with E-state index >= 15 is 0 Å². The summed E-state index contributed by atoms with van der Waals surface area (Å²) < 4.78 is 2.20. The summed E-state index contributed by atoms with van der Waals surface area (Å²) in [5.74, 6) is 0. The largest absolute Gasteiger partial charge is 0.383 e. The predicted molar refractivity (Wildman–Crippen MR) is 84.8 cm³/mol. The topological polar surface area (TPSA) is 20.2 Å². The van der Waals surface area contributed by atoms with Gasteiger partial charge >= 0.3 is 0 Å². The van der Waals surface area contributed by atoms with Gasteiger partial charge in [-0.25, -0.2) is 0 Å². The van der Waals surface area contributed by atoms with Crippen LogP contribution in [0.1, 0.15) is 22.1 Å². The first-order valence-electron chi connectivity index (χ1n) is 6.09. The molecule has 0 spiro atoms. The fraction of sp³-hybridized carbons (Fsp3) is 0.125. The summed E-state index contributed by atoms with van der Waals surface area (Å²) in [7, 11) is 0. The summed E-state index contributed by atoms with van der Waals surface area (Å²) in [6, 6.07) is 16.2. The standard InChI is InChI=1S/C16H13BrOS/c1-10-6-2-3-7-11(10)15(18)16-14(17)12-8-4-5-9-13(12)19-16/h2-9,15,18H,1H3. The Balaban J connectivity index is 2.14. The second-order valence-corrected chi connectivity index (χ2v) is 6.41. The van der Waals surface area contributed by atoms with Crippen molar-refractivity contribution in [3.8, 4) is 0 Å². The SMILES string of the molecule is Cc1ccccc1C(O)c1sc2ccccc2c1Br. The molecular formula is C16H13BrOS. The summed E-state index contributed by atoms with van der Waals surface area (Å²) in [5, 5.41) is 11.8. The molecule has 1 nitrogen and oxygen atoms in total. The van der Waals surface area contributed by atoms with Crippen LogP contribution >= 0.6 is 27.3 Å². The van der Waals surface area contributed by atoms with E-state index in [1.807, 2.05) is 43.3 Å². The maximum absolute atomic E-state index is 10.6. The van der Waals surface area contributed by atoms with Gasteiger partial charge in [-0.05, 0) is 40.0 Å². The number of halogens is 1. The molecule has 1 heterocycles. The van der Waals surface area contributed by atoms with Crippen LogP contribution in [0.2, 0.25) is 0 Å². The van der Waals surface area contributed by atoms with Crippen LogP contribution in [0.15, 0.2) is 53.0 Å². The zero-order chi connectivity index (χ0) is 13.4. The van der Waals surface area contributed by atoms with Gasteiger partial charge in [0.05, 0.1) is 4.88 Å². The highest BCUT2D eigenvalue weighted by Crippen LogP contribution is 2.41. The van der Waals surface area contributed by atoms with E-state index in [4.69, 9.17) is 0 Å². The van der Waals surface area contributed by atoms with E-state index in [1.54, 1.807) is 11.3 Å². The van der Waals surface area contributed by atoms with Crippen molar-refractivity contribution in [2.75, 3.05) is 0 Å². The maximum Gasteiger partial charge on any atom is 0.115 e. The van der Waals surface area contributed by atoms with Gasteiger partial charge < -0.3 is 5.11 Å². The monoisotopic (exact) mass is 332 g/mol. The van der Waals surface area contributed by atoms with Crippen LogP contribution in [0.4, 0.5) is 0 Å². The highest BCUT2D eigenvalue weighted by atomic mass is 79.9. The van der Waals surface area contributed by atoms with Gasteiger partial charge in [-0.15, -0.1) is 11.3 Å². The lowest BCUT2D eigenvalue weighted by Gasteiger charge is -2.12. The van der Waals surface area contributed by atoms with Crippen LogP contribution < -0.4 is 0 Å². The average molecular weight is 333 g/mol. The van der Waals surface area contributed by atoms with Crippen molar-refractivity contribution in [2.45, 2.75) is 13.0 Å². The minimum Gasteiger partial charge on any atom is -0.383 e. The smallest absolute Gasteiger partial charge is 0.115 e. The van der Waals surface area contributed by atoms with Crippen LogP contribution in [0.25, 0.3) is 10.1 Å². The first-order valence-corrected chi connectivity index (χ1v) is 7.70. The normalized spacial score (nSPS) is 12.8. The second kappa shape index (κ2) is 5.08. The molecule has 0 amide bonds. The van der Waals surface area contributed by atoms with Crippen molar-refractivity contribution in [3.63, 3.8) is 0 Å². The molecule has 0 fully saturated rings. The van der Waals surface area contributed by atoms with E-state index in [0.29, 0.717) is 0 Å². The third-order valence-electron chi connectivity index (χ3n) is 3.29. The lowest BCUT2D eigenvalue weighted by molar-refractivity contribution is 0.223. The van der Waals surface area contributed by atoms with E-state index in [9.17, 15) is 5.11 Å². The van der Waals surface area contributed by atoms with Crippen LogP contribution in [0.5, 0.6) is 0 Å². The van der Waals surface area contributed by atoms with Gasteiger partial charge in [0, 0.05) is 14.6 Å². The fourth-order valence-corrected chi connectivity index (χ4v) is 4.28. The number of aryl methyl sites for hydroxylation is 1. The Morgan fingerprint density at radius 2 is 1.74 bits per heavy atom. The predicted octanol–water partition coefficient (Wildman–Crippen LogP) is 5.05. The first-order chi connectivity index (χ1) is 9.18. The van der Waals surface area contributed by atoms with Crippen molar-refractivity contribution in [3.05, 3.63) is 69.0 Å². The van der Waals surface area contributed by atoms with Crippen molar-refractivity contribution >= 4 is 37.4 Å². The van der Waals surface area contributed by atoms with E-state index in [0.717, 1.165) is 25.9 Å². The zero-order valence-corrected chi connectivity index (χ0v) is 12.8.